The Morgan fingerprint density at radius 2 is 2.00 bits per heavy atom. The number of carbonyl (C=O) groups is 2. The number of hydrogen-bond acceptors (Lipinski definition) is 5. The Morgan fingerprint density at radius 3 is 2.83 bits per heavy atom. The fraction of sp³-hybridized carbons (Fsp3) is 0.118. The van der Waals surface area contributed by atoms with Gasteiger partial charge in [0.25, 0.3) is 11.8 Å². The SMILES string of the molecule is O=C(CN1C(=O)COc2ccccc21)NN=Cc1ccccc1O. The van der Waals surface area contributed by atoms with Gasteiger partial charge in [0.05, 0.1) is 11.9 Å². The second kappa shape index (κ2) is 6.82. The number of para-hydroxylation sites is 3. The largest absolute Gasteiger partial charge is 0.507 e. The number of anilines is 1. The molecule has 24 heavy (non-hydrogen) atoms. The Hall–Kier alpha value is -3.35. The summed E-state index contributed by atoms with van der Waals surface area (Å²) in [7, 11) is 0. The molecule has 1 aliphatic heterocycles. The normalized spacial score (nSPS) is 13.5. The number of hydrogen-bond donors (Lipinski definition) is 2. The van der Waals surface area contributed by atoms with Crippen LogP contribution in [0.5, 0.6) is 11.5 Å². The minimum atomic E-state index is -0.452. The molecule has 0 spiro atoms. The summed E-state index contributed by atoms with van der Waals surface area (Å²) in [6.07, 6.45) is 1.34. The molecular formula is C17H15N3O4. The van der Waals surface area contributed by atoms with E-state index in [2.05, 4.69) is 10.5 Å². The molecule has 2 aromatic rings. The average molecular weight is 325 g/mol. The van der Waals surface area contributed by atoms with Gasteiger partial charge in [-0.1, -0.05) is 24.3 Å². The molecule has 2 aromatic carbocycles. The molecule has 0 aliphatic carbocycles. The van der Waals surface area contributed by atoms with Gasteiger partial charge < -0.3 is 9.84 Å². The number of phenols is 1. The van der Waals surface area contributed by atoms with Crippen LogP contribution in [0.2, 0.25) is 0 Å². The second-order valence-corrected chi connectivity index (χ2v) is 5.09. The van der Waals surface area contributed by atoms with Crippen LogP contribution in [0.3, 0.4) is 0 Å². The van der Waals surface area contributed by atoms with E-state index in [1.165, 1.54) is 17.2 Å². The van der Waals surface area contributed by atoms with Crippen molar-refractivity contribution < 1.29 is 19.4 Å². The molecule has 0 atom stereocenters. The molecule has 2 N–H and O–H groups in total. The minimum absolute atomic E-state index is 0.0628. The Balaban J connectivity index is 1.65. The zero-order valence-corrected chi connectivity index (χ0v) is 12.7. The lowest BCUT2D eigenvalue weighted by Crippen LogP contribution is -2.44. The summed E-state index contributed by atoms with van der Waals surface area (Å²) in [5.74, 6) is -0.129. The maximum absolute atomic E-state index is 12.0. The third-order valence-corrected chi connectivity index (χ3v) is 3.44. The molecule has 0 saturated heterocycles. The first kappa shape index (κ1) is 15.5. The maximum Gasteiger partial charge on any atom is 0.265 e. The van der Waals surface area contributed by atoms with Crippen LogP contribution >= 0.6 is 0 Å². The van der Waals surface area contributed by atoms with E-state index in [-0.39, 0.29) is 24.8 Å². The highest BCUT2D eigenvalue weighted by atomic mass is 16.5. The number of aromatic hydroxyl groups is 1. The summed E-state index contributed by atoms with van der Waals surface area (Å²) < 4.78 is 5.32. The number of nitrogens with zero attached hydrogens (tertiary/aromatic N) is 2. The van der Waals surface area contributed by atoms with Gasteiger partial charge in [0.15, 0.2) is 6.61 Å². The molecule has 1 aliphatic rings. The van der Waals surface area contributed by atoms with Crippen molar-refractivity contribution >= 4 is 23.7 Å². The lowest BCUT2D eigenvalue weighted by molar-refractivity contribution is -0.125. The number of rotatable bonds is 4. The van der Waals surface area contributed by atoms with E-state index < -0.39 is 5.91 Å². The molecule has 0 fully saturated rings. The monoisotopic (exact) mass is 325 g/mol. The Bertz CT molecular complexity index is 804. The van der Waals surface area contributed by atoms with Gasteiger partial charge in [-0.15, -0.1) is 0 Å². The molecule has 0 unspecified atom stereocenters. The van der Waals surface area contributed by atoms with Crippen molar-refractivity contribution in [2.45, 2.75) is 0 Å². The highest BCUT2D eigenvalue weighted by molar-refractivity contribution is 6.02. The Kier molecular flexibility index (Phi) is 4.42. The smallest absolute Gasteiger partial charge is 0.265 e. The zero-order chi connectivity index (χ0) is 16.9. The Morgan fingerprint density at radius 1 is 1.25 bits per heavy atom. The van der Waals surface area contributed by atoms with Crippen molar-refractivity contribution in [2.24, 2.45) is 5.10 Å². The number of carbonyl (C=O) groups excluding carboxylic acids is 2. The van der Waals surface area contributed by atoms with E-state index >= 15 is 0 Å². The molecule has 7 nitrogen and oxygen atoms in total. The topological polar surface area (TPSA) is 91.2 Å². The Labute approximate surface area is 138 Å². The van der Waals surface area contributed by atoms with Gasteiger partial charge in [-0.2, -0.15) is 5.10 Å². The first-order chi connectivity index (χ1) is 11.6. The quantitative estimate of drug-likeness (QED) is 0.654. The van der Waals surface area contributed by atoms with Crippen molar-refractivity contribution in [1.82, 2.24) is 5.43 Å². The predicted molar refractivity (Wildman–Crippen MR) is 88.1 cm³/mol. The molecule has 7 heteroatoms. The van der Waals surface area contributed by atoms with Crippen LogP contribution < -0.4 is 15.1 Å². The summed E-state index contributed by atoms with van der Waals surface area (Å²) in [5.41, 5.74) is 3.37. The minimum Gasteiger partial charge on any atom is -0.507 e. The zero-order valence-electron chi connectivity index (χ0n) is 12.7. The number of hydrazone groups is 1. The van der Waals surface area contributed by atoms with E-state index in [4.69, 9.17) is 4.74 Å². The van der Waals surface area contributed by atoms with Crippen LogP contribution in [0.25, 0.3) is 0 Å². The summed E-state index contributed by atoms with van der Waals surface area (Å²) in [6.45, 7) is -0.275. The standard InChI is InChI=1S/C17H15N3O4/c21-14-7-3-1-5-12(14)9-18-19-16(22)10-20-13-6-2-4-8-15(13)24-11-17(20)23/h1-9,21H,10-11H2,(H,19,22). The molecule has 0 radical (unpaired) electrons. The highest BCUT2D eigenvalue weighted by Crippen LogP contribution is 2.31. The van der Waals surface area contributed by atoms with E-state index in [1.807, 2.05) is 0 Å². The van der Waals surface area contributed by atoms with Crippen molar-refractivity contribution in [3.05, 3.63) is 54.1 Å². The van der Waals surface area contributed by atoms with E-state index in [1.54, 1.807) is 42.5 Å². The van der Waals surface area contributed by atoms with Gasteiger partial charge in [-0.25, -0.2) is 5.43 Å². The van der Waals surface area contributed by atoms with Crippen molar-refractivity contribution in [2.75, 3.05) is 18.1 Å². The molecule has 1 heterocycles. The van der Waals surface area contributed by atoms with Crippen LogP contribution in [0.15, 0.2) is 53.6 Å². The lowest BCUT2D eigenvalue weighted by Gasteiger charge is -2.28. The molecule has 2 amide bonds. The molecule has 122 valence electrons. The maximum atomic E-state index is 12.0. The number of fused-ring (bicyclic) bond motifs is 1. The van der Waals surface area contributed by atoms with Crippen LogP contribution in [0, 0.1) is 0 Å². The third kappa shape index (κ3) is 3.35. The summed E-state index contributed by atoms with van der Waals surface area (Å²) in [4.78, 5) is 25.4. The molecule has 0 bridgehead atoms. The predicted octanol–water partition coefficient (Wildman–Crippen LogP) is 1.27. The van der Waals surface area contributed by atoms with Gasteiger partial charge in [0, 0.05) is 5.56 Å². The van der Waals surface area contributed by atoms with Crippen molar-refractivity contribution in [3.8, 4) is 11.5 Å². The highest BCUT2D eigenvalue weighted by Gasteiger charge is 2.26. The van der Waals surface area contributed by atoms with E-state index in [0.29, 0.717) is 17.0 Å². The fourth-order valence-corrected chi connectivity index (χ4v) is 2.28. The van der Waals surface area contributed by atoms with Gasteiger partial charge in [0.1, 0.15) is 18.0 Å². The van der Waals surface area contributed by atoms with E-state index in [9.17, 15) is 14.7 Å². The first-order valence-electron chi connectivity index (χ1n) is 7.27. The molecule has 0 aromatic heterocycles. The van der Waals surface area contributed by atoms with Crippen LogP contribution in [-0.4, -0.2) is 36.3 Å². The van der Waals surface area contributed by atoms with Crippen LogP contribution in [0.4, 0.5) is 5.69 Å². The fourth-order valence-electron chi connectivity index (χ4n) is 2.28. The number of amides is 2. The first-order valence-corrected chi connectivity index (χ1v) is 7.27. The summed E-state index contributed by atoms with van der Waals surface area (Å²) >= 11 is 0. The van der Waals surface area contributed by atoms with Gasteiger partial charge in [-0.3, -0.25) is 14.5 Å². The number of nitrogens with one attached hydrogen (secondary N) is 1. The number of benzene rings is 2. The number of ether oxygens (including phenoxy) is 1. The van der Waals surface area contributed by atoms with E-state index in [0.717, 1.165) is 0 Å². The molecular weight excluding hydrogens is 310 g/mol. The van der Waals surface area contributed by atoms with Gasteiger partial charge in [-0.05, 0) is 24.3 Å². The molecule has 3 rings (SSSR count). The lowest BCUT2D eigenvalue weighted by atomic mass is 10.2. The van der Waals surface area contributed by atoms with Gasteiger partial charge >= 0.3 is 0 Å². The van der Waals surface area contributed by atoms with Gasteiger partial charge in [0.2, 0.25) is 0 Å². The van der Waals surface area contributed by atoms with Crippen molar-refractivity contribution in [1.29, 1.82) is 0 Å². The number of phenolic OH excluding ortho intramolecular Hbond substituents is 1. The van der Waals surface area contributed by atoms with Crippen LogP contribution in [0.1, 0.15) is 5.56 Å². The summed E-state index contributed by atoms with van der Waals surface area (Å²) in [6, 6.07) is 13.6. The molecule has 0 saturated carbocycles. The van der Waals surface area contributed by atoms with Crippen LogP contribution in [-0.2, 0) is 9.59 Å². The summed E-state index contributed by atoms with van der Waals surface area (Å²) in [5, 5.41) is 13.4. The third-order valence-electron chi connectivity index (χ3n) is 3.44. The average Bonchev–Trinajstić information content (AvgIpc) is 2.59. The van der Waals surface area contributed by atoms with Crippen molar-refractivity contribution in [3.63, 3.8) is 0 Å². The second-order valence-electron chi connectivity index (χ2n) is 5.09.